The number of hydrazine groups is 1. The molecule has 1 aliphatic rings. The third-order valence-electron chi connectivity index (χ3n) is 5.24. The van der Waals surface area contributed by atoms with E-state index in [9.17, 15) is 9.59 Å². The number of carbonyl (C=O) groups excluding carboxylic acids is 2. The van der Waals surface area contributed by atoms with Gasteiger partial charge in [0.25, 0.3) is 5.91 Å². The minimum atomic E-state index is -0.711. The highest BCUT2D eigenvalue weighted by Gasteiger charge is 2.60. The highest BCUT2D eigenvalue weighted by Crippen LogP contribution is 2.59. The molecular formula is C21H30N2O3. The van der Waals surface area contributed by atoms with Gasteiger partial charge in [-0.1, -0.05) is 37.6 Å². The van der Waals surface area contributed by atoms with Crippen LogP contribution in [0, 0.1) is 31.1 Å². The summed E-state index contributed by atoms with van der Waals surface area (Å²) in [6, 6.07) is 5.72. The second-order valence-corrected chi connectivity index (χ2v) is 8.01. The molecule has 26 heavy (non-hydrogen) atoms. The Labute approximate surface area is 156 Å². The van der Waals surface area contributed by atoms with Crippen LogP contribution in [0.1, 0.15) is 45.7 Å². The van der Waals surface area contributed by atoms with Gasteiger partial charge in [0.2, 0.25) is 5.91 Å². The summed E-state index contributed by atoms with van der Waals surface area (Å²) < 4.78 is 5.74. The van der Waals surface area contributed by atoms with Crippen LogP contribution in [0.2, 0.25) is 0 Å². The molecule has 1 aliphatic carbocycles. The van der Waals surface area contributed by atoms with Crippen LogP contribution in [-0.4, -0.2) is 17.9 Å². The summed E-state index contributed by atoms with van der Waals surface area (Å²) in [6.45, 7) is 13.8. The third kappa shape index (κ3) is 4.26. The van der Waals surface area contributed by atoms with Gasteiger partial charge in [-0.05, 0) is 63.1 Å². The van der Waals surface area contributed by atoms with Crippen molar-refractivity contribution in [2.45, 2.75) is 54.6 Å². The molecule has 5 heteroatoms. The zero-order valence-corrected chi connectivity index (χ0v) is 16.8. The van der Waals surface area contributed by atoms with E-state index >= 15 is 0 Å². The van der Waals surface area contributed by atoms with Gasteiger partial charge >= 0.3 is 0 Å². The van der Waals surface area contributed by atoms with Crippen molar-refractivity contribution in [2.75, 3.05) is 0 Å². The number of ether oxygens (including phenoxy) is 1. The fourth-order valence-corrected chi connectivity index (χ4v) is 3.25. The molecule has 2 amide bonds. The average Bonchev–Trinajstić information content (AvgIpc) is 3.08. The second kappa shape index (κ2) is 7.52. The molecule has 0 bridgehead atoms. The van der Waals surface area contributed by atoms with Crippen molar-refractivity contribution in [2.24, 2.45) is 17.3 Å². The van der Waals surface area contributed by atoms with E-state index < -0.39 is 6.10 Å². The van der Waals surface area contributed by atoms with Crippen molar-refractivity contribution in [3.8, 4) is 5.75 Å². The SMILES string of the molecule is CC(C)=CC1C(C(=O)NNC(=O)C(C)Oc2cccc(C)c2C)C1(C)C. The Morgan fingerprint density at radius 3 is 2.46 bits per heavy atom. The summed E-state index contributed by atoms with van der Waals surface area (Å²) in [7, 11) is 0. The molecule has 0 radical (unpaired) electrons. The molecule has 3 atom stereocenters. The van der Waals surface area contributed by atoms with Crippen molar-refractivity contribution in [3.63, 3.8) is 0 Å². The largest absolute Gasteiger partial charge is 0.481 e. The first-order valence-corrected chi connectivity index (χ1v) is 9.03. The number of carbonyl (C=O) groups is 2. The van der Waals surface area contributed by atoms with Crippen molar-refractivity contribution in [3.05, 3.63) is 41.0 Å². The molecule has 0 spiro atoms. The number of nitrogens with one attached hydrogen (secondary N) is 2. The summed E-state index contributed by atoms with van der Waals surface area (Å²) in [5.41, 5.74) is 8.24. The molecule has 0 aromatic heterocycles. The Kier molecular flexibility index (Phi) is 5.79. The fourth-order valence-electron chi connectivity index (χ4n) is 3.25. The maximum Gasteiger partial charge on any atom is 0.279 e. The van der Waals surface area contributed by atoms with Crippen LogP contribution in [0.15, 0.2) is 29.8 Å². The normalized spacial score (nSPS) is 21.3. The lowest BCUT2D eigenvalue weighted by atomic mass is 10.1. The summed E-state index contributed by atoms with van der Waals surface area (Å²) in [4.78, 5) is 24.7. The highest BCUT2D eigenvalue weighted by atomic mass is 16.5. The lowest BCUT2D eigenvalue weighted by Gasteiger charge is -2.17. The first-order chi connectivity index (χ1) is 12.1. The van der Waals surface area contributed by atoms with Gasteiger partial charge in [0.05, 0.1) is 5.92 Å². The van der Waals surface area contributed by atoms with E-state index in [-0.39, 0.29) is 29.1 Å². The molecule has 0 aliphatic heterocycles. The Balaban J connectivity index is 1.89. The topological polar surface area (TPSA) is 67.4 Å². The van der Waals surface area contributed by atoms with Gasteiger partial charge < -0.3 is 4.74 Å². The maximum atomic E-state index is 12.4. The lowest BCUT2D eigenvalue weighted by molar-refractivity contribution is -0.133. The Hall–Kier alpha value is -2.30. The molecule has 5 nitrogen and oxygen atoms in total. The van der Waals surface area contributed by atoms with Crippen molar-refractivity contribution >= 4 is 11.8 Å². The van der Waals surface area contributed by atoms with Gasteiger partial charge in [-0.15, -0.1) is 0 Å². The van der Waals surface area contributed by atoms with E-state index in [2.05, 4.69) is 30.8 Å². The number of hydrogen-bond acceptors (Lipinski definition) is 3. The highest BCUT2D eigenvalue weighted by molar-refractivity contribution is 5.87. The molecule has 1 aromatic carbocycles. The van der Waals surface area contributed by atoms with E-state index in [0.717, 1.165) is 11.1 Å². The number of rotatable bonds is 5. The number of allylic oxidation sites excluding steroid dienone is 2. The van der Waals surface area contributed by atoms with E-state index in [1.54, 1.807) is 6.92 Å². The molecule has 1 aromatic rings. The van der Waals surface area contributed by atoms with E-state index in [1.807, 2.05) is 45.9 Å². The van der Waals surface area contributed by atoms with Gasteiger partial charge in [-0.2, -0.15) is 0 Å². The number of aryl methyl sites for hydroxylation is 1. The molecule has 3 unspecified atom stereocenters. The third-order valence-corrected chi connectivity index (χ3v) is 5.24. The minimum Gasteiger partial charge on any atom is -0.481 e. The van der Waals surface area contributed by atoms with E-state index in [1.165, 1.54) is 5.57 Å². The van der Waals surface area contributed by atoms with Crippen LogP contribution in [0.5, 0.6) is 5.75 Å². The van der Waals surface area contributed by atoms with Crippen LogP contribution in [-0.2, 0) is 9.59 Å². The molecule has 1 fully saturated rings. The number of hydrogen-bond donors (Lipinski definition) is 2. The Morgan fingerprint density at radius 2 is 1.85 bits per heavy atom. The van der Waals surface area contributed by atoms with E-state index in [4.69, 9.17) is 4.74 Å². The van der Waals surface area contributed by atoms with Crippen LogP contribution < -0.4 is 15.6 Å². The van der Waals surface area contributed by atoms with Crippen LogP contribution in [0.4, 0.5) is 0 Å². The summed E-state index contributed by atoms with van der Waals surface area (Å²) in [5, 5.41) is 0. The number of benzene rings is 1. The van der Waals surface area contributed by atoms with Crippen LogP contribution in [0.3, 0.4) is 0 Å². The molecule has 142 valence electrons. The molecule has 2 N–H and O–H groups in total. The zero-order valence-electron chi connectivity index (χ0n) is 16.8. The zero-order chi connectivity index (χ0) is 19.6. The predicted molar refractivity (Wildman–Crippen MR) is 102 cm³/mol. The monoisotopic (exact) mass is 358 g/mol. The van der Waals surface area contributed by atoms with Crippen molar-refractivity contribution < 1.29 is 14.3 Å². The van der Waals surface area contributed by atoms with E-state index in [0.29, 0.717) is 5.75 Å². The van der Waals surface area contributed by atoms with Gasteiger partial charge in [-0.25, -0.2) is 0 Å². The predicted octanol–water partition coefficient (Wildman–Crippen LogP) is 3.46. The summed E-state index contributed by atoms with van der Waals surface area (Å²) in [6.07, 6.45) is 1.41. The molecular weight excluding hydrogens is 328 g/mol. The van der Waals surface area contributed by atoms with Crippen LogP contribution in [0.25, 0.3) is 0 Å². The fraction of sp³-hybridized carbons (Fsp3) is 0.524. The Bertz CT molecular complexity index is 733. The first kappa shape index (κ1) is 20.0. The van der Waals surface area contributed by atoms with Gasteiger partial charge in [0.1, 0.15) is 5.75 Å². The van der Waals surface area contributed by atoms with Crippen LogP contribution >= 0.6 is 0 Å². The molecule has 1 saturated carbocycles. The molecule has 0 saturated heterocycles. The van der Waals surface area contributed by atoms with Gasteiger partial charge in [0, 0.05) is 0 Å². The number of amides is 2. The lowest BCUT2D eigenvalue weighted by Crippen LogP contribution is -2.48. The summed E-state index contributed by atoms with van der Waals surface area (Å²) in [5.74, 6) is 0.202. The second-order valence-electron chi connectivity index (χ2n) is 8.01. The minimum absolute atomic E-state index is 0.0904. The van der Waals surface area contributed by atoms with Gasteiger partial charge in [-0.3, -0.25) is 20.4 Å². The average molecular weight is 358 g/mol. The molecule has 2 rings (SSSR count). The van der Waals surface area contributed by atoms with Gasteiger partial charge in [0.15, 0.2) is 6.10 Å². The van der Waals surface area contributed by atoms with Crippen molar-refractivity contribution in [1.82, 2.24) is 10.9 Å². The van der Waals surface area contributed by atoms with Crippen molar-refractivity contribution in [1.29, 1.82) is 0 Å². The Morgan fingerprint density at radius 1 is 1.19 bits per heavy atom. The quantitative estimate of drug-likeness (QED) is 0.626. The summed E-state index contributed by atoms with van der Waals surface area (Å²) >= 11 is 0. The smallest absolute Gasteiger partial charge is 0.279 e. The molecule has 0 heterocycles. The standard InChI is InChI=1S/C21H30N2O3/c1-12(2)11-16-18(21(16,6)7)20(25)23-22-19(24)15(5)26-17-10-8-9-13(3)14(17)4/h8-11,15-16,18H,1-7H3,(H,22,24)(H,23,25). The maximum absolute atomic E-state index is 12.4. The first-order valence-electron chi connectivity index (χ1n) is 9.03.